The van der Waals surface area contributed by atoms with Crippen molar-refractivity contribution in [2.24, 2.45) is 0 Å². The van der Waals surface area contributed by atoms with Crippen LogP contribution in [0.3, 0.4) is 0 Å². The molecule has 0 fully saturated rings. The molecular formula is C17H13ClN4O2. The number of anilines is 1. The normalized spacial score (nSPS) is 12.7. The molecule has 2 aromatic carbocycles. The van der Waals surface area contributed by atoms with Crippen molar-refractivity contribution in [3.8, 4) is 16.9 Å². The number of benzene rings is 2. The van der Waals surface area contributed by atoms with Gasteiger partial charge in [0.2, 0.25) is 0 Å². The van der Waals surface area contributed by atoms with Crippen molar-refractivity contribution in [3.63, 3.8) is 0 Å². The Morgan fingerprint density at radius 1 is 1.21 bits per heavy atom. The minimum Gasteiger partial charge on any atom is -0.369 e. The molecule has 24 heavy (non-hydrogen) atoms. The van der Waals surface area contributed by atoms with E-state index >= 15 is 0 Å². The smallest absolute Gasteiger partial charge is 0.269 e. The summed E-state index contributed by atoms with van der Waals surface area (Å²) in [6.45, 7) is 0.841. The third-order valence-electron chi connectivity index (χ3n) is 4.05. The van der Waals surface area contributed by atoms with Gasteiger partial charge in [-0.1, -0.05) is 23.7 Å². The molecule has 0 aliphatic carbocycles. The predicted octanol–water partition coefficient (Wildman–Crippen LogP) is 4.07. The lowest BCUT2D eigenvalue weighted by atomic mass is 10.1. The summed E-state index contributed by atoms with van der Waals surface area (Å²) >= 11 is 6.10. The Labute approximate surface area is 142 Å². The number of hydrogen-bond acceptors (Lipinski definition) is 4. The molecule has 0 saturated heterocycles. The summed E-state index contributed by atoms with van der Waals surface area (Å²) in [6.07, 6.45) is 0.879. The van der Waals surface area contributed by atoms with E-state index in [1.165, 1.54) is 12.1 Å². The van der Waals surface area contributed by atoms with Gasteiger partial charge in [-0.05, 0) is 30.7 Å². The van der Waals surface area contributed by atoms with Gasteiger partial charge in [-0.2, -0.15) is 5.10 Å². The maximum atomic E-state index is 10.8. The first-order valence-corrected chi connectivity index (χ1v) is 7.88. The van der Waals surface area contributed by atoms with Gasteiger partial charge in [0.1, 0.15) is 5.82 Å². The first kappa shape index (κ1) is 14.7. The van der Waals surface area contributed by atoms with Crippen LogP contribution in [0, 0.1) is 10.1 Å². The maximum absolute atomic E-state index is 10.8. The van der Waals surface area contributed by atoms with Crippen LogP contribution in [0.4, 0.5) is 11.5 Å². The van der Waals surface area contributed by atoms with E-state index < -0.39 is 4.92 Å². The highest BCUT2D eigenvalue weighted by Crippen LogP contribution is 2.35. The molecule has 0 saturated carbocycles. The number of rotatable bonds is 3. The molecule has 1 N–H and O–H groups in total. The van der Waals surface area contributed by atoms with Crippen LogP contribution in [0.5, 0.6) is 0 Å². The van der Waals surface area contributed by atoms with Gasteiger partial charge >= 0.3 is 0 Å². The van der Waals surface area contributed by atoms with Crippen molar-refractivity contribution in [1.29, 1.82) is 0 Å². The van der Waals surface area contributed by atoms with Crippen molar-refractivity contribution in [3.05, 3.63) is 69.2 Å². The standard InChI is InChI=1S/C17H13ClN4O2/c18-12-3-1-2-11(10-12)16-15-8-9-19-17(15)21(20-16)13-4-6-14(7-5-13)22(23)24/h1-7,10,19H,8-9H2. The summed E-state index contributed by atoms with van der Waals surface area (Å²) in [5.74, 6) is 0.929. The molecule has 6 nitrogen and oxygen atoms in total. The first-order valence-electron chi connectivity index (χ1n) is 7.50. The van der Waals surface area contributed by atoms with Gasteiger partial charge in [-0.3, -0.25) is 10.1 Å². The molecule has 0 amide bonds. The molecule has 4 rings (SSSR count). The van der Waals surface area contributed by atoms with Crippen molar-refractivity contribution >= 4 is 23.1 Å². The van der Waals surface area contributed by atoms with Gasteiger partial charge < -0.3 is 5.32 Å². The fourth-order valence-electron chi connectivity index (χ4n) is 2.94. The molecule has 0 radical (unpaired) electrons. The molecule has 1 aliphatic rings. The van der Waals surface area contributed by atoms with Gasteiger partial charge in [-0.15, -0.1) is 0 Å². The van der Waals surface area contributed by atoms with Gasteiger partial charge in [-0.25, -0.2) is 4.68 Å². The highest BCUT2D eigenvalue weighted by atomic mass is 35.5. The lowest BCUT2D eigenvalue weighted by Crippen LogP contribution is -2.04. The number of non-ortho nitro benzene ring substituents is 1. The van der Waals surface area contributed by atoms with E-state index in [0.29, 0.717) is 5.02 Å². The number of hydrogen-bond donors (Lipinski definition) is 1. The van der Waals surface area contributed by atoms with E-state index in [1.54, 1.807) is 16.8 Å². The van der Waals surface area contributed by atoms with Crippen molar-refractivity contribution in [1.82, 2.24) is 9.78 Å². The van der Waals surface area contributed by atoms with Gasteiger partial charge in [0.05, 0.1) is 16.3 Å². The molecule has 3 aromatic rings. The van der Waals surface area contributed by atoms with E-state index in [-0.39, 0.29) is 5.69 Å². The zero-order valence-corrected chi connectivity index (χ0v) is 13.3. The average molecular weight is 341 g/mol. The molecule has 2 heterocycles. The monoisotopic (exact) mass is 340 g/mol. The van der Waals surface area contributed by atoms with Crippen molar-refractivity contribution < 1.29 is 4.92 Å². The van der Waals surface area contributed by atoms with Crippen LogP contribution in [0.1, 0.15) is 5.56 Å². The lowest BCUT2D eigenvalue weighted by molar-refractivity contribution is -0.384. The van der Waals surface area contributed by atoms with E-state index in [0.717, 1.165) is 41.3 Å². The predicted molar refractivity (Wildman–Crippen MR) is 92.9 cm³/mol. The number of nitro benzene ring substituents is 1. The zero-order chi connectivity index (χ0) is 16.7. The molecule has 0 unspecified atom stereocenters. The molecule has 1 aromatic heterocycles. The largest absolute Gasteiger partial charge is 0.369 e. The zero-order valence-electron chi connectivity index (χ0n) is 12.6. The second-order valence-electron chi connectivity index (χ2n) is 5.55. The summed E-state index contributed by atoms with van der Waals surface area (Å²) in [5, 5.41) is 19.5. The number of halogens is 1. The molecule has 0 spiro atoms. The van der Waals surface area contributed by atoms with Crippen LogP contribution in [-0.2, 0) is 6.42 Å². The fraction of sp³-hybridized carbons (Fsp3) is 0.118. The minimum atomic E-state index is -0.410. The average Bonchev–Trinajstić information content (AvgIpc) is 3.17. The number of nitro groups is 1. The van der Waals surface area contributed by atoms with Gasteiger partial charge in [0.15, 0.2) is 0 Å². The molecule has 0 bridgehead atoms. The Morgan fingerprint density at radius 2 is 2.00 bits per heavy atom. The fourth-order valence-corrected chi connectivity index (χ4v) is 3.14. The maximum Gasteiger partial charge on any atom is 0.269 e. The summed E-state index contributed by atoms with van der Waals surface area (Å²) in [6, 6.07) is 14.0. The number of aromatic nitrogens is 2. The second-order valence-corrected chi connectivity index (χ2v) is 5.98. The van der Waals surface area contributed by atoms with E-state index in [2.05, 4.69) is 5.32 Å². The Hall–Kier alpha value is -2.86. The third-order valence-corrected chi connectivity index (χ3v) is 4.29. The summed E-state index contributed by atoms with van der Waals surface area (Å²) in [5.41, 5.74) is 3.82. The Bertz CT molecular complexity index is 934. The quantitative estimate of drug-likeness (QED) is 0.576. The number of nitrogens with one attached hydrogen (secondary N) is 1. The van der Waals surface area contributed by atoms with Gasteiger partial charge in [0, 0.05) is 34.8 Å². The second kappa shape index (κ2) is 5.65. The number of fused-ring (bicyclic) bond motifs is 1. The topological polar surface area (TPSA) is 73.0 Å². The summed E-state index contributed by atoms with van der Waals surface area (Å²) < 4.78 is 1.79. The van der Waals surface area contributed by atoms with Crippen LogP contribution in [0.2, 0.25) is 5.02 Å². The lowest BCUT2D eigenvalue weighted by Gasteiger charge is -2.06. The Kier molecular flexibility index (Phi) is 3.46. The first-order chi connectivity index (χ1) is 11.6. The number of nitrogens with zero attached hydrogens (tertiary/aromatic N) is 3. The SMILES string of the molecule is O=[N+]([O-])c1ccc(-n2nc(-c3cccc(Cl)c3)c3c2NCC3)cc1. The molecule has 1 aliphatic heterocycles. The van der Waals surface area contributed by atoms with E-state index in [1.807, 2.05) is 24.3 Å². The summed E-state index contributed by atoms with van der Waals surface area (Å²) in [7, 11) is 0. The van der Waals surface area contributed by atoms with Crippen LogP contribution in [-0.4, -0.2) is 21.2 Å². The van der Waals surface area contributed by atoms with Crippen molar-refractivity contribution in [2.75, 3.05) is 11.9 Å². The summed E-state index contributed by atoms with van der Waals surface area (Å²) in [4.78, 5) is 10.4. The van der Waals surface area contributed by atoms with Crippen LogP contribution < -0.4 is 5.32 Å². The molecule has 120 valence electrons. The third kappa shape index (κ3) is 2.41. The Morgan fingerprint density at radius 3 is 2.71 bits per heavy atom. The molecule has 7 heteroatoms. The van der Waals surface area contributed by atoms with Crippen LogP contribution in [0.15, 0.2) is 48.5 Å². The van der Waals surface area contributed by atoms with E-state index in [4.69, 9.17) is 16.7 Å². The van der Waals surface area contributed by atoms with Gasteiger partial charge in [0.25, 0.3) is 5.69 Å². The minimum absolute atomic E-state index is 0.0607. The van der Waals surface area contributed by atoms with Crippen molar-refractivity contribution in [2.45, 2.75) is 6.42 Å². The molecular weight excluding hydrogens is 328 g/mol. The van der Waals surface area contributed by atoms with Crippen LogP contribution >= 0.6 is 11.6 Å². The van der Waals surface area contributed by atoms with E-state index in [9.17, 15) is 10.1 Å². The highest BCUT2D eigenvalue weighted by Gasteiger charge is 2.24. The molecule has 0 atom stereocenters. The Balaban J connectivity index is 1.83. The highest BCUT2D eigenvalue weighted by molar-refractivity contribution is 6.30. The van der Waals surface area contributed by atoms with Crippen LogP contribution in [0.25, 0.3) is 16.9 Å².